The average Bonchev–Trinajstić information content (AvgIpc) is 2.51. The lowest BCUT2D eigenvalue weighted by atomic mass is 10.1. The van der Waals surface area contributed by atoms with Crippen LogP contribution in [0.25, 0.3) is 11.3 Å². The Bertz CT molecular complexity index is 830. The minimum atomic E-state index is -4.76. The Morgan fingerprint density at radius 2 is 1.42 bits per heavy atom. The normalized spacial score (nSPS) is 11.5. The lowest BCUT2D eigenvalue weighted by Gasteiger charge is -2.15. The summed E-state index contributed by atoms with van der Waals surface area (Å²) in [6.45, 7) is 0. The second-order valence-corrected chi connectivity index (χ2v) is 6.37. The van der Waals surface area contributed by atoms with Crippen molar-refractivity contribution in [3.63, 3.8) is 0 Å². The Hall–Kier alpha value is -0.900. The minimum Gasteiger partial charge on any atom is -0.243 e. The standard InChI is InChI=1S/C14H4Cl5F3N2/c15-8-7(9(16)11(18)12(19)10(8)17)6-2-1-5(3-4-23)13(24-6)14(20,21)22/h1-2H,3H2. The smallest absolute Gasteiger partial charge is 0.243 e. The van der Waals surface area contributed by atoms with Gasteiger partial charge < -0.3 is 0 Å². The maximum atomic E-state index is 13.2. The van der Waals surface area contributed by atoms with E-state index >= 15 is 0 Å². The van der Waals surface area contributed by atoms with Crippen molar-refractivity contribution in [1.82, 2.24) is 4.98 Å². The average molecular weight is 434 g/mol. The van der Waals surface area contributed by atoms with Crippen LogP contribution in [-0.4, -0.2) is 4.98 Å². The molecule has 0 fully saturated rings. The molecule has 2 rings (SSSR count). The topological polar surface area (TPSA) is 36.7 Å². The van der Waals surface area contributed by atoms with Gasteiger partial charge in [-0.15, -0.1) is 0 Å². The summed E-state index contributed by atoms with van der Waals surface area (Å²) in [5, 5.41) is 7.87. The first-order valence-corrected chi connectivity index (χ1v) is 7.94. The molecule has 0 saturated carbocycles. The first-order chi connectivity index (χ1) is 11.1. The molecule has 0 unspecified atom stereocenters. The summed E-state index contributed by atoms with van der Waals surface area (Å²) < 4.78 is 39.5. The molecule has 0 radical (unpaired) electrons. The molecule has 0 atom stereocenters. The molecule has 0 aliphatic heterocycles. The Morgan fingerprint density at radius 1 is 0.917 bits per heavy atom. The van der Waals surface area contributed by atoms with E-state index in [-0.39, 0.29) is 41.9 Å². The highest BCUT2D eigenvalue weighted by Crippen LogP contribution is 2.48. The zero-order valence-corrected chi connectivity index (χ0v) is 15.1. The van der Waals surface area contributed by atoms with Crippen LogP contribution in [0.3, 0.4) is 0 Å². The Labute approximate surface area is 159 Å². The number of hydrogen-bond donors (Lipinski definition) is 0. The number of aromatic nitrogens is 1. The molecule has 0 saturated heterocycles. The van der Waals surface area contributed by atoms with Crippen LogP contribution in [0.4, 0.5) is 13.2 Å². The number of alkyl halides is 3. The van der Waals surface area contributed by atoms with Crippen LogP contribution in [0.5, 0.6) is 0 Å². The number of nitriles is 1. The zero-order valence-electron chi connectivity index (χ0n) is 11.3. The van der Waals surface area contributed by atoms with Gasteiger partial charge in [-0.3, -0.25) is 0 Å². The summed E-state index contributed by atoms with van der Waals surface area (Å²) in [6.07, 6.45) is -5.22. The lowest BCUT2D eigenvalue weighted by Crippen LogP contribution is -2.12. The third kappa shape index (κ3) is 3.54. The van der Waals surface area contributed by atoms with Crippen molar-refractivity contribution in [2.24, 2.45) is 0 Å². The van der Waals surface area contributed by atoms with Gasteiger partial charge >= 0.3 is 6.18 Å². The maximum Gasteiger partial charge on any atom is 0.433 e. The van der Waals surface area contributed by atoms with Gasteiger partial charge in [0, 0.05) is 5.56 Å². The second kappa shape index (κ2) is 7.15. The van der Waals surface area contributed by atoms with E-state index in [2.05, 4.69) is 4.98 Å². The first kappa shape index (κ1) is 19.4. The zero-order chi connectivity index (χ0) is 18.2. The highest BCUT2D eigenvalue weighted by atomic mass is 35.5. The van der Waals surface area contributed by atoms with Crippen molar-refractivity contribution in [3.8, 4) is 17.3 Å². The molecule has 0 bridgehead atoms. The van der Waals surface area contributed by atoms with Crippen LogP contribution < -0.4 is 0 Å². The molecule has 1 heterocycles. The number of hydrogen-bond acceptors (Lipinski definition) is 2. The number of rotatable bonds is 2. The fourth-order valence-corrected chi connectivity index (χ4v) is 3.26. The van der Waals surface area contributed by atoms with Crippen molar-refractivity contribution in [2.75, 3.05) is 0 Å². The van der Waals surface area contributed by atoms with Gasteiger partial charge in [-0.05, 0) is 11.6 Å². The molecule has 1 aromatic carbocycles. The van der Waals surface area contributed by atoms with Crippen molar-refractivity contribution < 1.29 is 13.2 Å². The van der Waals surface area contributed by atoms with Gasteiger partial charge in [-0.2, -0.15) is 18.4 Å². The van der Waals surface area contributed by atoms with Crippen molar-refractivity contribution in [2.45, 2.75) is 12.6 Å². The van der Waals surface area contributed by atoms with E-state index in [9.17, 15) is 13.2 Å². The van der Waals surface area contributed by atoms with E-state index in [0.29, 0.717) is 0 Å². The molecule has 0 aliphatic carbocycles. The van der Waals surface area contributed by atoms with E-state index in [4.69, 9.17) is 63.3 Å². The van der Waals surface area contributed by atoms with Gasteiger partial charge in [-0.25, -0.2) is 4.98 Å². The molecule has 0 aliphatic rings. The van der Waals surface area contributed by atoms with Gasteiger partial charge in [0.1, 0.15) is 5.69 Å². The molecule has 24 heavy (non-hydrogen) atoms. The van der Waals surface area contributed by atoms with Gasteiger partial charge in [0.25, 0.3) is 0 Å². The molecule has 10 heteroatoms. The number of nitrogens with zero attached hydrogens (tertiary/aromatic N) is 2. The minimum absolute atomic E-state index is 0.0771. The van der Waals surface area contributed by atoms with Gasteiger partial charge in [0.15, 0.2) is 0 Å². The summed E-state index contributed by atoms with van der Waals surface area (Å²) in [6, 6.07) is 4.02. The van der Waals surface area contributed by atoms with E-state index in [1.165, 1.54) is 6.07 Å². The van der Waals surface area contributed by atoms with E-state index < -0.39 is 18.3 Å². The molecule has 0 N–H and O–H groups in total. The summed E-state index contributed by atoms with van der Waals surface area (Å²) >= 11 is 29.8. The molecule has 0 amide bonds. The Kier molecular flexibility index (Phi) is 5.79. The second-order valence-electron chi connectivity index (χ2n) is 4.48. The predicted molar refractivity (Wildman–Crippen MR) is 89.0 cm³/mol. The Balaban J connectivity index is 2.79. The van der Waals surface area contributed by atoms with E-state index in [1.54, 1.807) is 6.07 Å². The first-order valence-electron chi connectivity index (χ1n) is 6.05. The van der Waals surface area contributed by atoms with Crippen molar-refractivity contribution in [3.05, 3.63) is 48.5 Å². The molecule has 2 aromatic rings. The third-order valence-electron chi connectivity index (χ3n) is 2.98. The van der Waals surface area contributed by atoms with E-state index in [1.807, 2.05) is 0 Å². The fraction of sp³-hybridized carbons (Fsp3) is 0.143. The van der Waals surface area contributed by atoms with Crippen LogP contribution in [0, 0.1) is 11.3 Å². The van der Waals surface area contributed by atoms with Gasteiger partial charge in [-0.1, -0.05) is 64.1 Å². The van der Waals surface area contributed by atoms with Crippen LogP contribution in [-0.2, 0) is 12.6 Å². The van der Waals surface area contributed by atoms with Gasteiger partial charge in [0.2, 0.25) is 0 Å². The number of halogens is 8. The third-order valence-corrected chi connectivity index (χ3v) is 5.26. The highest BCUT2D eigenvalue weighted by molar-refractivity contribution is 6.56. The number of benzene rings is 1. The largest absolute Gasteiger partial charge is 0.433 e. The van der Waals surface area contributed by atoms with Crippen LogP contribution in [0.1, 0.15) is 11.3 Å². The summed E-state index contributed by atoms with van der Waals surface area (Å²) in [4.78, 5) is 3.56. The number of pyridine rings is 1. The monoisotopic (exact) mass is 432 g/mol. The molecule has 126 valence electrons. The van der Waals surface area contributed by atoms with E-state index in [0.717, 1.165) is 6.07 Å². The van der Waals surface area contributed by atoms with Crippen molar-refractivity contribution in [1.29, 1.82) is 5.26 Å². The maximum absolute atomic E-state index is 13.2. The summed E-state index contributed by atoms with van der Waals surface area (Å²) in [7, 11) is 0. The Morgan fingerprint density at radius 3 is 1.88 bits per heavy atom. The van der Waals surface area contributed by atoms with Gasteiger partial charge in [0.05, 0.1) is 43.3 Å². The lowest BCUT2D eigenvalue weighted by molar-refractivity contribution is -0.141. The quantitative estimate of drug-likeness (QED) is 0.373. The van der Waals surface area contributed by atoms with Crippen molar-refractivity contribution >= 4 is 58.0 Å². The summed E-state index contributed by atoms with van der Waals surface area (Å²) in [5.41, 5.74) is -1.76. The molecular weight excluding hydrogens is 430 g/mol. The van der Waals surface area contributed by atoms with Crippen LogP contribution in [0.15, 0.2) is 12.1 Å². The fourth-order valence-electron chi connectivity index (χ4n) is 1.93. The highest BCUT2D eigenvalue weighted by Gasteiger charge is 2.36. The predicted octanol–water partition coefficient (Wildman–Crippen LogP) is 7.10. The van der Waals surface area contributed by atoms with Crippen LogP contribution >= 0.6 is 58.0 Å². The molecule has 1 aromatic heterocycles. The molecule has 2 nitrogen and oxygen atoms in total. The molecular formula is C14H4Cl5F3N2. The SMILES string of the molecule is N#CCc1ccc(-c2c(Cl)c(Cl)c(Cl)c(Cl)c2Cl)nc1C(F)(F)F. The molecule has 0 spiro atoms. The van der Waals surface area contributed by atoms with Crippen LogP contribution in [0.2, 0.25) is 25.1 Å². The summed E-state index contributed by atoms with van der Waals surface area (Å²) in [5.74, 6) is 0.